The normalized spacial score (nSPS) is 19.4. The molecule has 2 atom stereocenters. The molecule has 0 saturated carbocycles. The summed E-state index contributed by atoms with van der Waals surface area (Å²) in [6.07, 6.45) is 0. The molecule has 2 heterocycles. The highest BCUT2D eigenvalue weighted by Crippen LogP contribution is 2.39. The molecule has 214 valence electrons. The lowest BCUT2D eigenvalue weighted by atomic mass is 9.86. The number of Topliss-reactive ketones (excluding diaryl/α,β-unsaturated/α-hetero) is 2. The molecule has 5 rings (SSSR count). The molecular weight excluding hydrogens is 518 g/mol. The van der Waals surface area contributed by atoms with Crippen LogP contribution in [0, 0.1) is 12.8 Å². The van der Waals surface area contributed by atoms with E-state index in [1.807, 2.05) is 68.4 Å². The lowest BCUT2D eigenvalue weighted by Gasteiger charge is -2.32. The molecular formula is C33H37N3O5. The Hall–Kier alpha value is -4.01. The molecule has 0 radical (unpaired) electrons. The minimum atomic E-state index is -1.11. The number of morpholine rings is 1. The highest BCUT2D eigenvalue weighted by molar-refractivity contribution is 6.44. The number of likely N-dealkylation sites (tertiary alicyclic amines) is 1. The predicted molar refractivity (Wildman–Crippen MR) is 157 cm³/mol. The fourth-order valence-electron chi connectivity index (χ4n) is 5.51. The minimum absolute atomic E-state index is 0.357. The number of ketones is 2. The summed E-state index contributed by atoms with van der Waals surface area (Å²) in [4.78, 5) is 46.4. The maximum Gasteiger partial charge on any atom is 0.291 e. The molecule has 3 aromatic carbocycles. The van der Waals surface area contributed by atoms with Crippen LogP contribution in [0.3, 0.4) is 0 Å². The maximum absolute atomic E-state index is 13.9. The van der Waals surface area contributed by atoms with Crippen LogP contribution < -0.4 is 9.64 Å². The third-order valence-electron chi connectivity index (χ3n) is 7.83. The summed E-state index contributed by atoms with van der Waals surface area (Å²) in [6, 6.07) is 22.0. The second-order valence-corrected chi connectivity index (χ2v) is 10.9. The van der Waals surface area contributed by atoms with Crippen molar-refractivity contribution in [3.05, 3.63) is 95.1 Å². The number of hydrogen-bond acceptors (Lipinski definition) is 7. The molecule has 41 heavy (non-hydrogen) atoms. The summed E-state index contributed by atoms with van der Waals surface area (Å²) in [5, 5.41) is 0. The van der Waals surface area contributed by atoms with Gasteiger partial charge in [-0.2, -0.15) is 0 Å². The number of amides is 1. The van der Waals surface area contributed by atoms with Gasteiger partial charge in [0.1, 0.15) is 18.3 Å². The SMILES string of the molecule is Cc1cccc(COc2ccc(C(=O)C3C(=O)C(=O)N(CCN4CCOCC4)C3c3ccc(N(C)C)cc3)cc2)c1. The molecule has 8 heteroatoms. The largest absolute Gasteiger partial charge is 0.489 e. The summed E-state index contributed by atoms with van der Waals surface area (Å²) in [6.45, 7) is 6.27. The Balaban J connectivity index is 1.37. The van der Waals surface area contributed by atoms with E-state index >= 15 is 0 Å². The third kappa shape index (κ3) is 6.50. The van der Waals surface area contributed by atoms with Crippen molar-refractivity contribution in [2.75, 3.05) is 58.4 Å². The first kappa shape index (κ1) is 28.5. The zero-order chi connectivity index (χ0) is 28.9. The number of anilines is 1. The van der Waals surface area contributed by atoms with Gasteiger partial charge in [-0.15, -0.1) is 0 Å². The Morgan fingerprint density at radius 3 is 2.32 bits per heavy atom. The van der Waals surface area contributed by atoms with Gasteiger partial charge < -0.3 is 19.3 Å². The van der Waals surface area contributed by atoms with Gasteiger partial charge in [0, 0.05) is 51.5 Å². The van der Waals surface area contributed by atoms with Crippen LogP contribution in [-0.2, 0) is 20.9 Å². The van der Waals surface area contributed by atoms with Crippen LogP contribution in [0.5, 0.6) is 5.75 Å². The van der Waals surface area contributed by atoms with E-state index in [1.54, 1.807) is 29.2 Å². The average Bonchev–Trinajstić information content (AvgIpc) is 3.24. The van der Waals surface area contributed by atoms with Crippen molar-refractivity contribution >= 4 is 23.2 Å². The number of aryl methyl sites for hydroxylation is 1. The molecule has 8 nitrogen and oxygen atoms in total. The molecule has 2 saturated heterocycles. The first-order chi connectivity index (χ1) is 19.8. The van der Waals surface area contributed by atoms with Crippen LogP contribution in [0.25, 0.3) is 0 Å². The third-order valence-corrected chi connectivity index (χ3v) is 7.83. The molecule has 3 aromatic rings. The number of nitrogens with zero attached hydrogens (tertiary/aromatic N) is 3. The molecule has 2 fully saturated rings. The van der Waals surface area contributed by atoms with E-state index in [2.05, 4.69) is 11.0 Å². The fourth-order valence-corrected chi connectivity index (χ4v) is 5.51. The van der Waals surface area contributed by atoms with Crippen LogP contribution >= 0.6 is 0 Å². The van der Waals surface area contributed by atoms with Crippen molar-refractivity contribution in [1.29, 1.82) is 0 Å². The summed E-state index contributed by atoms with van der Waals surface area (Å²) < 4.78 is 11.4. The van der Waals surface area contributed by atoms with Gasteiger partial charge in [0.15, 0.2) is 5.78 Å². The Kier molecular flexibility index (Phi) is 8.81. The molecule has 2 aliphatic heterocycles. The lowest BCUT2D eigenvalue weighted by molar-refractivity contribution is -0.141. The highest BCUT2D eigenvalue weighted by atomic mass is 16.5. The van der Waals surface area contributed by atoms with E-state index in [0.29, 0.717) is 44.2 Å². The molecule has 0 N–H and O–H groups in total. The van der Waals surface area contributed by atoms with E-state index < -0.39 is 23.7 Å². The van der Waals surface area contributed by atoms with Gasteiger partial charge in [0.2, 0.25) is 5.78 Å². The summed E-state index contributed by atoms with van der Waals surface area (Å²) in [5.41, 5.74) is 4.36. The van der Waals surface area contributed by atoms with Crippen molar-refractivity contribution in [1.82, 2.24) is 9.80 Å². The molecule has 0 aliphatic carbocycles. The molecule has 0 spiro atoms. The van der Waals surface area contributed by atoms with Gasteiger partial charge in [-0.05, 0) is 54.4 Å². The number of hydrogen-bond donors (Lipinski definition) is 0. The van der Waals surface area contributed by atoms with Crippen LogP contribution in [0.2, 0.25) is 0 Å². The number of carbonyl (C=O) groups excluding carboxylic acids is 3. The topological polar surface area (TPSA) is 79.4 Å². The van der Waals surface area contributed by atoms with Gasteiger partial charge in [0.25, 0.3) is 5.91 Å². The van der Waals surface area contributed by atoms with Crippen molar-refractivity contribution in [3.8, 4) is 5.75 Å². The van der Waals surface area contributed by atoms with Crippen molar-refractivity contribution in [3.63, 3.8) is 0 Å². The lowest BCUT2D eigenvalue weighted by Crippen LogP contribution is -2.42. The molecule has 2 aliphatic rings. The summed E-state index contributed by atoms with van der Waals surface area (Å²) >= 11 is 0. The Bertz CT molecular complexity index is 1380. The van der Waals surface area contributed by atoms with Gasteiger partial charge in [0.05, 0.1) is 19.3 Å². The Morgan fingerprint density at radius 2 is 1.66 bits per heavy atom. The molecule has 0 aromatic heterocycles. The van der Waals surface area contributed by atoms with Crippen LogP contribution in [0.1, 0.15) is 33.1 Å². The highest BCUT2D eigenvalue weighted by Gasteiger charge is 2.51. The Labute approximate surface area is 241 Å². The number of rotatable bonds is 10. The van der Waals surface area contributed by atoms with Gasteiger partial charge in [-0.1, -0.05) is 42.0 Å². The van der Waals surface area contributed by atoms with Crippen molar-refractivity contribution in [2.45, 2.75) is 19.6 Å². The van der Waals surface area contributed by atoms with Gasteiger partial charge in [-0.3, -0.25) is 19.3 Å². The summed E-state index contributed by atoms with van der Waals surface area (Å²) in [7, 11) is 3.90. The van der Waals surface area contributed by atoms with Crippen LogP contribution in [0.4, 0.5) is 5.69 Å². The van der Waals surface area contributed by atoms with Crippen molar-refractivity contribution < 1.29 is 23.9 Å². The molecule has 1 amide bonds. The number of benzene rings is 3. The quantitative estimate of drug-likeness (QED) is 0.213. The second-order valence-electron chi connectivity index (χ2n) is 10.9. The zero-order valence-corrected chi connectivity index (χ0v) is 23.9. The predicted octanol–water partition coefficient (Wildman–Crippen LogP) is 3.92. The Morgan fingerprint density at radius 1 is 0.951 bits per heavy atom. The monoisotopic (exact) mass is 555 g/mol. The standard InChI is InChI=1S/C33H37N3O5/c1-23-5-4-6-24(21-23)22-41-28-13-9-26(10-14-28)31(37)29-30(25-7-11-27(12-8-25)34(2)3)36(33(39)32(29)38)16-15-35-17-19-40-20-18-35/h4-14,21,29-30H,15-20,22H2,1-3H3. The number of carbonyl (C=O) groups is 3. The molecule has 2 unspecified atom stereocenters. The first-order valence-electron chi connectivity index (χ1n) is 14.1. The van der Waals surface area contributed by atoms with Gasteiger partial charge in [-0.25, -0.2) is 0 Å². The fraction of sp³-hybridized carbons (Fsp3) is 0.364. The average molecular weight is 556 g/mol. The second kappa shape index (κ2) is 12.7. The van der Waals surface area contributed by atoms with Gasteiger partial charge >= 0.3 is 0 Å². The van der Waals surface area contributed by atoms with E-state index in [-0.39, 0.29) is 5.78 Å². The number of ether oxygens (including phenoxy) is 2. The molecule has 0 bridgehead atoms. The van der Waals surface area contributed by atoms with E-state index in [0.717, 1.165) is 35.5 Å². The van der Waals surface area contributed by atoms with Crippen molar-refractivity contribution in [2.24, 2.45) is 5.92 Å². The first-order valence-corrected chi connectivity index (χ1v) is 14.1. The smallest absolute Gasteiger partial charge is 0.291 e. The minimum Gasteiger partial charge on any atom is -0.489 e. The zero-order valence-electron chi connectivity index (χ0n) is 23.9. The maximum atomic E-state index is 13.9. The van der Waals surface area contributed by atoms with Crippen LogP contribution in [-0.4, -0.2) is 80.8 Å². The van der Waals surface area contributed by atoms with E-state index in [4.69, 9.17) is 9.47 Å². The van der Waals surface area contributed by atoms with Crippen LogP contribution in [0.15, 0.2) is 72.8 Å². The summed E-state index contributed by atoms with van der Waals surface area (Å²) in [5.74, 6) is -2.10. The van der Waals surface area contributed by atoms with E-state index in [1.165, 1.54) is 0 Å². The van der Waals surface area contributed by atoms with E-state index in [9.17, 15) is 14.4 Å².